The van der Waals surface area contributed by atoms with E-state index in [4.69, 9.17) is 14.0 Å². The minimum atomic E-state index is -1.07. The lowest BCUT2D eigenvalue weighted by atomic mass is 10.2. The third-order valence-corrected chi connectivity index (χ3v) is 2.47. The summed E-state index contributed by atoms with van der Waals surface area (Å²) in [5, 5.41) is 15.0. The molecule has 2 rings (SSSR count). The van der Waals surface area contributed by atoms with Crippen LogP contribution in [0.15, 0.2) is 21.1 Å². The molecular weight excluding hydrogens is 252 g/mol. The van der Waals surface area contributed by atoms with Gasteiger partial charge in [0.1, 0.15) is 17.1 Å². The van der Waals surface area contributed by atoms with Crippen LogP contribution in [0.5, 0.6) is 0 Å². The molecule has 0 aromatic carbocycles. The third kappa shape index (κ3) is 2.82. The number of aromatic nitrogens is 1. The summed E-state index contributed by atoms with van der Waals surface area (Å²) in [5.41, 5.74) is 0.687. The van der Waals surface area contributed by atoms with E-state index in [1.807, 2.05) is 0 Å². The highest BCUT2D eigenvalue weighted by atomic mass is 16.5. The Morgan fingerprint density at radius 3 is 2.63 bits per heavy atom. The van der Waals surface area contributed by atoms with Crippen LogP contribution in [0.3, 0.4) is 0 Å². The number of hydrogen-bond donors (Lipinski definition) is 2. The molecule has 2 N–H and O–H groups in total. The van der Waals surface area contributed by atoms with Crippen molar-refractivity contribution < 1.29 is 23.6 Å². The van der Waals surface area contributed by atoms with Crippen molar-refractivity contribution in [3.05, 3.63) is 40.7 Å². The molecule has 0 saturated heterocycles. The van der Waals surface area contributed by atoms with E-state index < -0.39 is 11.9 Å². The monoisotopic (exact) mass is 264 g/mol. The quantitative estimate of drug-likeness (QED) is 0.867. The maximum atomic E-state index is 11.7. The van der Waals surface area contributed by atoms with Crippen molar-refractivity contribution in [3.8, 4) is 0 Å². The van der Waals surface area contributed by atoms with Gasteiger partial charge < -0.3 is 19.4 Å². The van der Waals surface area contributed by atoms with Gasteiger partial charge in [0.2, 0.25) is 5.76 Å². The zero-order valence-corrected chi connectivity index (χ0v) is 10.4. The van der Waals surface area contributed by atoms with E-state index in [1.165, 1.54) is 12.1 Å². The van der Waals surface area contributed by atoms with Gasteiger partial charge in [-0.25, -0.2) is 4.79 Å². The van der Waals surface area contributed by atoms with Gasteiger partial charge in [0.15, 0.2) is 0 Å². The lowest BCUT2D eigenvalue weighted by molar-refractivity contribution is 0.0694. The second-order valence-corrected chi connectivity index (χ2v) is 4.00. The second kappa shape index (κ2) is 4.97. The molecule has 7 heteroatoms. The molecule has 2 aromatic rings. The van der Waals surface area contributed by atoms with Gasteiger partial charge in [0.05, 0.1) is 12.2 Å². The summed E-state index contributed by atoms with van der Waals surface area (Å²) >= 11 is 0. The van der Waals surface area contributed by atoms with Crippen molar-refractivity contribution >= 4 is 11.9 Å². The molecule has 0 saturated carbocycles. The van der Waals surface area contributed by atoms with Gasteiger partial charge in [-0.1, -0.05) is 5.16 Å². The minimum Gasteiger partial charge on any atom is -0.478 e. The Balaban J connectivity index is 2.01. The first-order valence-electron chi connectivity index (χ1n) is 5.51. The lowest BCUT2D eigenvalue weighted by Gasteiger charge is -1.98. The Hall–Kier alpha value is -2.57. The fourth-order valence-electron chi connectivity index (χ4n) is 1.57. The molecule has 0 radical (unpaired) electrons. The van der Waals surface area contributed by atoms with Crippen molar-refractivity contribution in [3.63, 3.8) is 0 Å². The zero-order chi connectivity index (χ0) is 14.0. The fraction of sp³-hybridized carbons (Fsp3) is 0.250. The molecule has 0 spiro atoms. The molecule has 19 heavy (non-hydrogen) atoms. The first kappa shape index (κ1) is 12.9. The number of hydrogen-bond acceptors (Lipinski definition) is 5. The maximum absolute atomic E-state index is 11.7. The summed E-state index contributed by atoms with van der Waals surface area (Å²) in [6.45, 7) is 3.33. The largest absolute Gasteiger partial charge is 0.478 e. The topological polar surface area (TPSA) is 106 Å². The highest BCUT2D eigenvalue weighted by Gasteiger charge is 2.15. The number of furan rings is 1. The van der Waals surface area contributed by atoms with E-state index in [9.17, 15) is 9.59 Å². The maximum Gasteiger partial charge on any atom is 0.339 e. The van der Waals surface area contributed by atoms with Crippen molar-refractivity contribution in [2.75, 3.05) is 0 Å². The second-order valence-electron chi connectivity index (χ2n) is 4.00. The van der Waals surface area contributed by atoms with E-state index in [0.29, 0.717) is 17.2 Å². The number of amides is 1. The standard InChI is InChI=1S/C12H12N2O5/c1-6-3-10(19-14-6)11(15)13-5-8-4-9(12(16)17)7(2)18-8/h3-4H,5H2,1-2H3,(H,13,15)(H,16,17). The first-order chi connectivity index (χ1) is 8.97. The van der Waals surface area contributed by atoms with Gasteiger partial charge in [-0.3, -0.25) is 4.79 Å². The number of nitrogens with zero attached hydrogens (tertiary/aromatic N) is 1. The van der Waals surface area contributed by atoms with Crippen LogP contribution in [0, 0.1) is 13.8 Å². The van der Waals surface area contributed by atoms with Gasteiger partial charge in [-0.15, -0.1) is 0 Å². The smallest absolute Gasteiger partial charge is 0.339 e. The summed E-state index contributed by atoms with van der Waals surface area (Å²) in [6, 6.07) is 2.88. The average molecular weight is 264 g/mol. The summed E-state index contributed by atoms with van der Waals surface area (Å²) in [7, 11) is 0. The zero-order valence-electron chi connectivity index (χ0n) is 10.4. The summed E-state index contributed by atoms with van der Waals surface area (Å²) in [6.07, 6.45) is 0. The third-order valence-electron chi connectivity index (χ3n) is 2.47. The van der Waals surface area contributed by atoms with Gasteiger partial charge in [0.25, 0.3) is 5.91 Å². The normalized spacial score (nSPS) is 10.4. The molecule has 0 fully saturated rings. The van der Waals surface area contributed by atoms with Crippen LogP contribution in [0.4, 0.5) is 0 Å². The minimum absolute atomic E-state index is 0.0761. The summed E-state index contributed by atoms with van der Waals surface area (Å²) in [4.78, 5) is 22.5. The van der Waals surface area contributed by atoms with Crippen LogP contribution in [-0.4, -0.2) is 22.1 Å². The van der Waals surface area contributed by atoms with Crippen LogP contribution in [-0.2, 0) is 6.54 Å². The first-order valence-corrected chi connectivity index (χ1v) is 5.51. The lowest BCUT2D eigenvalue weighted by Crippen LogP contribution is -2.22. The molecule has 0 aliphatic carbocycles. The molecule has 0 aliphatic rings. The molecule has 1 amide bonds. The summed E-state index contributed by atoms with van der Waals surface area (Å²) < 4.78 is 10.0. The predicted molar refractivity (Wildman–Crippen MR) is 62.8 cm³/mol. The van der Waals surface area contributed by atoms with Crippen molar-refractivity contribution in [2.24, 2.45) is 0 Å². The highest BCUT2D eigenvalue weighted by Crippen LogP contribution is 2.14. The van der Waals surface area contributed by atoms with E-state index in [2.05, 4.69) is 10.5 Å². The number of nitrogens with one attached hydrogen (secondary N) is 1. The number of aromatic carboxylic acids is 1. The number of aryl methyl sites for hydroxylation is 2. The number of carboxylic acid groups (broad SMARTS) is 1. The van der Waals surface area contributed by atoms with Gasteiger partial charge >= 0.3 is 5.97 Å². The Morgan fingerprint density at radius 2 is 2.11 bits per heavy atom. The SMILES string of the molecule is Cc1cc(C(=O)NCc2cc(C(=O)O)c(C)o2)on1. The molecule has 100 valence electrons. The number of carbonyl (C=O) groups excluding carboxylic acids is 1. The molecule has 0 bridgehead atoms. The van der Waals surface area contributed by atoms with Gasteiger partial charge in [-0.2, -0.15) is 0 Å². The van der Waals surface area contributed by atoms with Crippen LogP contribution in [0.1, 0.15) is 38.1 Å². The molecule has 2 aromatic heterocycles. The molecular formula is C12H12N2O5. The highest BCUT2D eigenvalue weighted by molar-refractivity contribution is 5.91. The fourth-order valence-corrected chi connectivity index (χ4v) is 1.57. The van der Waals surface area contributed by atoms with Crippen LogP contribution in [0.25, 0.3) is 0 Å². The van der Waals surface area contributed by atoms with E-state index in [1.54, 1.807) is 13.8 Å². The molecule has 0 atom stereocenters. The molecule has 2 heterocycles. The van der Waals surface area contributed by atoms with E-state index in [-0.39, 0.29) is 17.9 Å². The van der Waals surface area contributed by atoms with Crippen LogP contribution >= 0.6 is 0 Å². The predicted octanol–water partition coefficient (Wildman–Crippen LogP) is 1.51. The van der Waals surface area contributed by atoms with Crippen molar-refractivity contribution in [2.45, 2.75) is 20.4 Å². The number of carbonyl (C=O) groups is 2. The van der Waals surface area contributed by atoms with E-state index >= 15 is 0 Å². The Labute approximate surface area is 108 Å². The Morgan fingerprint density at radius 1 is 1.37 bits per heavy atom. The van der Waals surface area contributed by atoms with E-state index in [0.717, 1.165) is 0 Å². The molecule has 0 unspecified atom stereocenters. The van der Waals surface area contributed by atoms with Crippen molar-refractivity contribution in [1.82, 2.24) is 10.5 Å². The molecule has 0 aliphatic heterocycles. The number of carboxylic acids is 1. The van der Waals surface area contributed by atoms with Gasteiger partial charge in [0, 0.05) is 6.07 Å². The van der Waals surface area contributed by atoms with Crippen molar-refractivity contribution in [1.29, 1.82) is 0 Å². The van der Waals surface area contributed by atoms with Crippen LogP contribution in [0.2, 0.25) is 0 Å². The van der Waals surface area contributed by atoms with Gasteiger partial charge in [-0.05, 0) is 19.9 Å². The molecule has 7 nitrogen and oxygen atoms in total. The number of rotatable bonds is 4. The van der Waals surface area contributed by atoms with Crippen LogP contribution < -0.4 is 5.32 Å². The Kier molecular flexibility index (Phi) is 3.37. The average Bonchev–Trinajstić information content (AvgIpc) is 2.92. The summed E-state index contributed by atoms with van der Waals surface area (Å²) in [5.74, 6) is -0.748. The Bertz CT molecular complexity index is 626.